The topological polar surface area (TPSA) is 12.9 Å². The summed E-state index contributed by atoms with van der Waals surface area (Å²) in [5, 5.41) is 0. The predicted molar refractivity (Wildman–Crippen MR) is 46.7 cm³/mol. The average molecular weight is 262 g/mol. The molecule has 0 saturated heterocycles. The number of pyridine rings is 1. The summed E-state index contributed by atoms with van der Waals surface area (Å²) in [7, 11) is 0. The van der Waals surface area contributed by atoms with E-state index < -0.39 is 0 Å². The normalized spacial score (nSPS) is 6.44. The number of hydrogen-bond acceptors (Lipinski definition) is 1. The van der Waals surface area contributed by atoms with Crippen molar-refractivity contribution in [2.24, 2.45) is 0 Å². The fraction of sp³-hybridized carbons (Fsp3) is 0. The first-order valence-corrected chi connectivity index (χ1v) is 10.1. The van der Waals surface area contributed by atoms with Crippen molar-refractivity contribution < 1.29 is 0 Å². The van der Waals surface area contributed by atoms with Gasteiger partial charge in [-0.1, -0.05) is 0 Å². The van der Waals surface area contributed by atoms with E-state index in [9.17, 15) is 0 Å². The standard InChI is InChI=1S/C5H4N.2BrH.Mg/c1-2-4-6-5-3-1;;;/h2-5H;2*1H;/q;;;+2/p-2. The van der Waals surface area contributed by atoms with E-state index in [1.54, 1.807) is 24.5 Å². The highest BCUT2D eigenvalue weighted by atomic mass is 79.9. The summed E-state index contributed by atoms with van der Waals surface area (Å²) >= 11 is 6.44. The van der Waals surface area contributed by atoms with Crippen LogP contribution < -0.4 is 0 Å². The van der Waals surface area contributed by atoms with Crippen molar-refractivity contribution in [1.29, 1.82) is 0 Å². The third-order valence-corrected chi connectivity index (χ3v) is 0.514. The monoisotopic (exact) mass is 260 g/mol. The Bertz CT molecular complexity index is 97.8. The first-order chi connectivity index (χ1) is 4.41. The lowest BCUT2D eigenvalue weighted by Crippen LogP contribution is -1.59. The molecule has 0 spiro atoms. The van der Waals surface area contributed by atoms with Gasteiger partial charge in [0.2, 0.25) is 0 Å². The van der Waals surface area contributed by atoms with Gasteiger partial charge in [0.25, 0.3) is 0 Å². The Hall–Kier alpha value is 0.876. The van der Waals surface area contributed by atoms with Crippen LogP contribution in [0.3, 0.4) is 0 Å². The van der Waals surface area contributed by atoms with Gasteiger partial charge in [0.1, 0.15) is 0 Å². The van der Waals surface area contributed by atoms with Crippen LogP contribution in [-0.4, -0.2) is 21.0 Å². The fourth-order valence-corrected chi connectivity index (χ4v) is 0.277. The zero-order valence-electron chi connectivity index (χ0n) is 4.72. The van der Waals surface area contributed by atoms with Crippen LogP contribution in [0, 0.1) is 6.07 Å². The van der Waals surface area contributed by atoms with Crippen LogP contribution in [0.1, 0.15) is 0 Å². The van der Waals surface area contributed by atoms with E-state index in [0.717, 1.165) is 0 Å². The summed E-state index contributed by atoms with van der Waals surface area (Å²) in [6.07, 6.45) is 3.39. The average Bonchev–Trinajstić information content (AvgIpc) is 1.93. The summed E-state index contributed by atoms with van der Waals surface area (Å²) < 4.78 is 0. The molecule has 0 aromatic carbocycles. The second-order valence-corrected chi connectivity index (χ2v) is 9.13. The van der Waals surface area contributed by atoms with Crippen molar-refractivity contribution in [1.82, 2.24) is 4.98 Å². The Morgan fingerprint density at radius 1 is 1.22 bits per heavy atom. The molecule has 1 radical (unpaired) electrons. The molecule has 0 aliphatic heterocycles. The molecule has 1 aromatic heterocycles. The maximum absolute atomic E-state index is 3.75. The summed E-state index contributed by atoms with van der Waals surface area (Å²) in [6.45, 7) is 0. The molecule has 1 rings (SSSR count). The van der Waals surface area contributed by atoms with Gasteiger partial charge in [-0.15, -0.1) is 0 Å². The van der Waals surface area contributed by atoms with E-state index in [4.69, 9.17) is 0 Å². The number of hydrogen-bond donors (Lipinski definition) is 0. The Morgan fingerprint density at radius 3 is 1.78 bits per heavy atom. The van der Waals surface area contributed by atoms with Gasteiger partial charge in [0, 0.05) is 12.4 Å². The van der Waals surface area contributed by atoms with Crippen LogP contribution in [0.4, 0.5) is 0 Å². The maximum atomic E-state index is 3.75. The maximum Gasteiger partial charge on any atom is 0.560 e. The van der Waals surface area contributed by atoms with Crippen molar-refractivity contribution in [3.63, 3.8) is 0 Å². The number of halogens is 2. The van der Waals surface area contributed by atoms with Crippen LogP contribution in [0.15, 0.2) is 24.5 Å². The molecular weight excluding hydrogens is 258 g/mol. The molecular formula is C5H4Br2MgN. The van der Waals surface area contributed by atoms with Crippen LogP contribution in [-0.2, 0) is 0 Å². The molecule has 0 aliphatic rings. The molecule has 9 heavy (non-hydrogen) atoms. The predicted octanol–water partition coefficient (Wildman–Crippen LogP) is 2.19. The molecule has 0 bridgehead atoms. The molecule has 0 N–H and O–H groups in total. The first kappa shape index (κ1) is 9.88. The van der Waals surface area contributed by atoms with Crippen LogP contribution in [0.2, 0.25) is 0 Å². The largest absolute Gasteiger partial charge is 0.560 e. The summed E-state index contributed by atoms with van der Waals surface area (Å²) in [5.41, 5.74) is 0. The fourth-order valence-electron chi connectivity index (χ4n) is 0.277. The summed E-state index contributed by atoms with van der Waals surface area (Å²) in [6, 6.07) is 6.36. The highest BCUT2D eigenvalue weighted by Crippen LogP contribution is 1.77. The minimum atomic E-state index is 0.0417. The van der Waals surface area contributed by atoms with Gasteiger partial charge < -0.3 is 0 Å². The summed E-state index contributed by atoms with van der Waals surface area (Å²) in [5.74, 6) is 0. The third-order valence-electron chi connectivity index (χ3n) is 0.514. The van der Waals surface area contributed by atoms with Gasteiger partial charge in [-0.25, -0.2) is 0 Å². The lowest BCUT2D eigenvalue weighted by molar-refractivity contribution is 1.33. The van der Waals surface area contributed by atoms with E-state index in [0.29, 0.717) is 0 Å². The summed E-state index contributed by atoms with van der Waals surface area (Å²) in [4.78, 5) is 3.75. The number of nitrogens with zero attached hydrogens (tertiary/aromatic N) is 1. The molecule has 0 unspecified atom stereocenters. The molecule has 0 amide bonds. The van der Waals surface area contributed by atoms with Crippen molar-refractivity contribution in [2.75, 3.05) is 0 Å². The van der Waals surface area contributed by atoms with Gasteiger partial charge in [-0.05, 0) is 18.2 Å². The smallest absolute Gasteiger partial charge is 0.280 e. The van der Waals surface area contributed by atoms with Gasteiger partial charge in [0.05, 0.1) is 0 Å². The molecule has 45 valence electrons. The molecule has 4 heteroatoms. The van der Waals surface area contributed by atoms with Crippen molar-refractivity contribution in [2.45, 2.75) is 0 Å². The number of aromatic nitrogens is 1. The molecule has 0 aliphatic carbocycles. The van der Waals surface area contributed by atoms with Crippen molar-refractivity contribution in [3.05, 3.63) is 30.6 Å². The van der Waals surface area contributed by atoms with Crippen LogP contribution in [0.5, 0.6) is 0 Å². The Kier molecular flexibility index (Phi) is 9.74. The molecule has 0 saturated carbocycles. The van der Waals surface area contributed by atoms with Gasteiger partial charge in [0.15, 0.2) is 0 Å². The number of rotatable bonds is 0. The van der Waals surface area contributed by atoms with E-state index in [1.807, 2.05) is 0 Å². The van der Waals surface area contributed by atoms with Crippen molar-refractivity contribution in [3.8, 4) is 0 Å². The quantitative estimate of drug-likeness (QED) is 0.653. The van der Waals surface area contributed by atoms with Gasteiger partial charge >= 0.3 is 16.0 Å². The molecule has 0 fully saturated rings. The van der Waals surface area contributed by atoms with Crippen LogP contribution in [0.25, 0.3) is 0 Å². The third kappa shape index (κ3) is 8.88. The Morgan fingerprint density at radius 2 is 1.67 bits per heavy atom. The minimum Gasteiger partial charge on any atom is -0.280 e. The van der Waals surface area contributed by atoms with Crippen molar-refractivity contribution >= 4 is 41.8 Å². The Balaban J connectivity index is 0.000000187. The van der Waals surface area contributed by atoms with Crippen LogP contribution >= 0.6 is 25.8 Å². The Labute approximate surface area is 76.7 Å². The minimum absolute atomic E-state index is 0.0417. The van der Waals surface area contributed by atoms with E-state index in [2.05, 4.69) is 36.8 Å². The van der Waals surface area contributed by atoms with E-state index in [-0.39, 0.29) is 16.0 Å². The molecule has 1 nitrogen and oxygen atoms in total. The second-order valence-electron chi connectivity index (χ2n) is 1.05. The SMILES string of the molecule is [Br][Mg][Br].[c]1ccncc1. The molecule has 1 heterocycles. The zero-order valence-corrected chi connectivity index (χ0v) is 9.31. The highest BCUT2D eigenvalue weighted by Gasteiger charge is 1.62. The molecule has 0 atom stereocenters. The van der Waals surface area contributed by atoms with Gasteiger partial charge in [-0.3, -0.25) is 30.8 Å². The lowest BCUT2D eigenvalue weighted by atomic mass is 10.5. The van der Waals surface area contributed by atoms with E-state index >= 15 is 0 Å². The first-order valence-electron chi connectivity index (χ1n) is 2.29. The lowest BCUT2D eigenvalue weighted by Gasteiger charge is -1.69. The van der Waals surface area contributed by atoms with E-state index in [1.165, 1.54) is 0 Å². The molecule has 1 aromatic rings. The second kappa shape index (κ2) is 8.88. The van der Waals surface area contributed by atoms with Gasteiger partial charge in [-0.2, -0.15) is 0 Å². The highest BCUT2D eigenvalue weighted by molar-refractivity contribution is 9.47. The zero-order chi connectivity index (χ0) is 6.95.